The first-order chi connectivity index (χ1) is 18.3. The molecule has 2 fully saturated rings. The molecule has 0 N–H and O–H groups in total. The van der Waals surface area contributed by atoms with Crippen LogP contribution in [0.5, 0.6) is 0 Å². The first kappa shape index (κ1) is 26.1. The monoisotopic (exact) mass is 530 g/mol. The number of anilines is 3. The summed E-state index contributed by atoms with van der Waals surface area (Å²) in [5, 5.41) is 0. The summed E-state index contributed by atoms with van der Waals surface area (Å²) < 4.78 is 54.4. The van der Waals surface area contributed by atoms with Gasteiger partial charge in [-0.15, -0.1) is 0 Å². The summed E-state index contributed by atoms with van der Waals surface area (Å²) in [5.41, 5.74) is -0.0368. The van der Waals surface area contributed by atoms with E-state index in [4.69, 9.17) is 15.0 Å². The number of rotatable bonds is 5. The molecule has 0 bridgehead atoms. The van der Waals surface area contributed by atoms with Crippen molar-refractivity contribution in [2.24, 2.45) is 0 Å². The van der Waals surface area contributed by atoms with Crippen LogP contribution < -0.4 is 14.7 Å². The highest BCUT2D eigenvalue weighted by molar-refractivity contribution is 5.72. The molecule has 0 radical (unpaired) electrons. The highest BCUT2D eigenvalue weighted by atomic mass is 19.4. The Balaban J connectivity index is 1.40. The van der Waals surface area contributed by atoms with E-state index in [0.717, 1.165) is 38.8 Å². The molecule has 0 amide bonds. The van der Waals surface area contributed by atoms with E-state index in [1.54, 1.807) is 23.1 Å². The van der Waals surface area contributed by atoms with Crippen LogP contribution in [-0.2, 0) is 6.18 Å². The number of aromatic nitrogens is 4. The Bertz CT molecular complexity index is 1230. The maximum Gasteiger partial charge on any atom is 0.419 e. The zero-order chi connectivity index (χ0) is 26.7. The predicted octanol–water partition coefficient (Wildman–Crippen LogP) is 3.95. The van der Waals surface area contributed by atoms with Crippen LogP contribution in [0.4, 0.5) is 35.3 Å². The topological polar surface area (TPSA) is 64.5 Å². The second-order valence-corrected chi connectivity index (χ2v) is 9.36. The quantitative estimate of drug-likeness (QED) is 0.539. The van der Waals surface area contributed by atoms with E-state index in [1.165, 1.54) is 18.3 Å². The van der Waals surface area contributed by atoms with Crippen molar-refractivity contribution >= 4 is 23.3 Å². The summed E-state index contributed by atoms with van der Waals surface area (Å²) in [6.45, 7) is 7.97. The number of halogens is 4. The normalized spacial score (nSPS) is 19.3. The molecule has 202 valence electrons. The summed E-state index contributed by atoms with van der Waals surface area (Å²) in [5.74, 6) is 1.17. The molecule has 4 heterocycles. The predicted molar refractivity (Wildman–Crippen MR) is 139 cm³/mol. The minimum Gasteiger partial charge on any atom is -0.353 e. The second kappa shape index (κ2) is 11.1. The van der Waals surface area contributed by atoms with Crippen LogP contribution >= 0.6 is 0 Å². The Morgan fingerprint density at radius 1 is 0.868 bits per heavy atom. The maximum absolute atomic E-state index is 13.8. The van der Waals surface area contributed by atoms with Crippen molar-refractivity contribution in [3.8, 4) is 0 Å². The third-order valence-electron chi connectivity index (χ3n) is 7.00. The number of hydrogen-bond acceptors (Lipinski definition) is 8. The molecule has 2 aliphatic heterocycles. The van der Waals surface area contributed by atoms with Crippen LogP contribution in [0.1, 0.15) is 24.7 Å². The van der Waals surface area contributed by atoms with Crippen LogP contribution in [0.2, 0.25) is 0 Å². The van der Waals surface area contributed by atoms with Gasteiger partial charge in [-0.25, -0.2) is 9.37 Å². The number of likely N-dealkylation sites (N-methyl/N-ethyl adjacent to an activating group) is 1. The average molecular weight is 531 g/mol. The lowest BCUT2D eigenvalue weighted by molar-refractivity contribution is -0.137. The van der Waals surface area contributed by atoms with E-state index >= 15 is 0 Å². The fraction of sp³-hybridized carbons (Fsp3) is 0.462. The highest BCUT2D eigenvalue weighted by Gasteiger charge is 2.36. The van der Waals surface area contributed by atoms with E-state index in [-0.39, 0.29) is 18.1 Å². The highest BCUT2D eigenvalue weighted by Crippen LogP contribution is 2.35. The van der Waals surface area contributed by atoms with Crippen LogP contribution in [0.25, 0.3) is 5.57 Å². The fourth-order valence-corrected chi connectivity index (χ4v) is 4.78. The molecule has 2 saturated heterocycles. The molecule has 8 nitrogen and oxygen atoms in total. The second-order valence-electron chi connectivity index (χ2n) is 9.36. The third-order valence-corrected chi connectivity index (χ3v) is 7.00. The lowest BCUT2D eigenvalue weighted by Gasteiger charge is -2.37. The first-order valence-corrected chi connectivity index (χ1v) is 12.8. The molecular formula is C26H30F4N8. The van der Waals surface area contributed by atoms with Gasteiger partial charge in [0.2, 0.25) is 11.9 Å². The Hall–Kier alpha value is -3.54. The largest absolute Gasteiger partial charge is 0.419 e. The van der Waals surface area contributed by atoms with Gasteiger partial charge < -0.3 is 19.6 Å². The number of alkyl halides is 3. The Morgan fingerprint density at radius 3 is 2.13 bits per heavy atom. The van der Waals surface area contributed by atoms with Gasteiger partial charge in [0, 0.05) is 70.5 Å². The van der Waals surface area contributed by atoms with Crippen molar-refractivity contribution in [1.82, 2.24) is 24.8 Å². The number of pyridine rings is 1. The van der Waals surface area contributed by atoms with Crippen molar-refractivity contribution in [2.75, 3.05) is 73.6 Å². The molecule has 0 spiro atoms. The molecule has 2 aromatic rings. The zero-order valence-corrected chi connectivity index (χ0v) is 21.2. The van der Waals surface area contributed by atoms with Gasteiger partial charge in [0.25, 0.3) is 0 Å². The summed E-state index contributed by atoms with van der Waals surface area (Å²) in [6.07, 6.45) is 3.65. The average Bonchev–Trinajstić information content (AvgIpc) is 3.17. The SMILES string of the molecule is CCN1CCN(c2nc(C3=CCC(F)=CC=C3)nc(N3CCN(c4ncccc4C(F)(F)F)CC3)n2)CC1. The van der Waals surface area contributed by atoms with Gasteiger partial charge in [-0.05, 0) is 24.8 Å². The van der Waals surface area contributed by atoms with Gasteiger partial charge in [-0.1, -0.05) is 25.2 Å². The molecule has 38 heavy (non-hydrogen) atoms. The molecule has 0 saturated carbocycles. The van der Waals surface area contributed by atoms with Gasteiger partial charge in [0.15, 0.2) is 5.82 Å². The molecule has 1 aliphatic carbocycles. The summed E-state index contributed by atoms with van der Waals surface area (Å²) in [7, 11) is 0. The first-order valence-electron chi connectivity index (χ1n) is 12.8. The number of allylic oxidation sites excluding steroid dienone is 6. The lowest BCUT2D eigenvalue weighted by Crippen LogP contribution is -2.49. The van der Waals surface area contributed by atoms with Crippen LogP contribution in [0, 0.1) is 0 Å². The van der Waals surface area contributed by atoms with Gasteiger partial charge in [0.1, 0.15) is 11.6 Å². The van der Waals surface area contributed by atoms with E-state index in [0.29, 0.717) is 49.5 Å². The van der Waals surface area contributed by atoms with E-state index in [2.05, 4.69) is 21.7 Å². The fourth-order valence-electron chi connectivity index (χ4n) is 4.78. The minimum atomic E-state index is -4.48. The molecule has 3 aliphatic rings. The van der Waals surface area contributed by atoms with Gasteiger partial charge in [-0.3, -0.25) is 0 Å². The smallest absolute Gasteiger partial charge is 0.353 e. The Kier molecular flexibility index (Phi) is 7.59. The zero-order valence-electron chi connectivity index (χ0n) is 21.2. The third kappa shape index (κ3) is 5.79. The van der Waals surface area contributed by atoms with Crippen molar-refractivity contribution < 1.29 is 17.6 Å². The molecule has 5 rings (SSSR count). The molecule has 0 unspecified atom stereocenters. The summed E-state index contributed by atoms with van der Waals surface area (Å²) in [4.78, 5) is 26.4. The van der Waals surface area contributed by atoms with Crippen molar-refractivity contribution in [3.05, 3.63) is 59.8 Å². The van der Waals surface area contributed by atoms with E-state index in [9.17, 15) is 17.6 Å². The van der Waals surface area contributed by atoms with E-state index < -0.39 is 11.7 Å². The number of nitrogens with zero attached hydrogens (tertiary/aromatic N) is 8. The molecule has 2 aromatic heterocycles. The van der Waals surface area contributed by atoms with Crippen LogP contribution in [0.15, 0.2) is 48.5 Å². The van der Waals surface area contributed by atoms with Gasteiger partial charge >= 0.3 is 6.18 Å². The minimum absolute atomic E-state index is 0.0613. The van der Waals surface area contributed by atoms with Gasteiger partial charge in [0.05, 0.1) is 5.56 Å². The van der Waals surface area contributed by atoms with Crippen molar-refractivity contribution in [1.29, 1.82) is 0 Å². The molecule has 0 aromatic carbocycles. The Labute approximate surface area is 219 Å². The summed E-state index contributed by atoms with van der Waals surface area (Å²) in [6, 6.07) is 2.36. The molecule has 12 heteroatoms. The van der Waals surface area contributed by atoms with Crippen LogP contribution in [-0.4, -0.2) is 83.7 Å². The Morgan fingerprint density at radius 2 is 1.50 bits per heavy atom. The van der Waals surface area contributed by atoms with Crippen molar-refractivity contribution in [3.63, 3.8) is 0 Å². The molecular weight excluding hydrogens is 500 g/mol. The standard InChI is InChI=1S/C26H30F4N8/c1-2-35-11-13-37(14-12-35)24-32-22(19-5-3-6-20(27)9-8-19)33-25(34-24)38-17-15-36(16-18-38)23-21(26(28,29)30)7-4-10-31-23/h3-8,10H,2,9,11-18H2,1H3. The number of piperazine rings is 2. The van der Waals surface area contributed by atoms with Crippen LogP contribution in [0.3, 0.4) is 0 Å². The van der Waals surface area contributed by atoms with E-state index in [1.807, 2.05) is 4.90 Å². The van der Waals surface area contributed by atoms with Crippen molar-refractivity contribution in [2.45, 2.75) is 19.5 Å². The molecule has 0 atom stereocenters. The summed E-state index contributed by atoms with van der Waals surface area (Å²) >= 11 is 0. The number of hydrogen-bond donors (Lipinski definition) is 0. The van der Waals surface area contributed by atoms with Gasteiger partial charge in [-0.2, -0.15) is 28.1 Å². The maximum atomic E-state index is 13.8. The lowest BCUT2D eigenvalue weighted by atomic mass is 10.2.